The number of benzene rings is 1. The van der Waals surface area contributed by atoms with Crippen molar-refractivity contribution in [2.45, 2.75) is 26.3 Å². The van der Waals surface area contributed by atoms with Gasteiger partial charge in [-0.15, -0.1) is 0 Å². The molecule has 2 N–H and O–H groups in total. The highest BCUT2D eigenvalue weighted by Crippen LogP contribution is 2.28. The van der Waals surface area contributed by atoms with Crippen LogP contribution in [-0.2, 0) is 6.42 Å². The molecule has 18 heavy (non-hydrogen) atoms. The molecule has 0 saturated carbocycles. The molecule has 0 saturated heterocycles. The zero-order valence-corrected chi connectivity index (χ0v) is 11.4. The SMILES string of the molecule is CC(C)Cc1cccc(C(N)c2ccoc2Cl)c1. The van der Waals surface area contributed by atoms with Crippen LogP contribution in [0.2, 0.25) is 5.22 Å². The van der Waals surface area contributed by atoms with Gasteiger partial charge >= 0.3 is 0 Å². The van der Waals surface area contributed by atoms with Crippen molar-refractivity contribution in [1.82, 2.24) is 0 Å². The number of hydrogen-bond donors (Lipinski definition) is 1. The first-order valence-electron chi connectivity index (χ1n) is 6.15. The van der Waals surface area contributed by atoms with Gasteiger partial charge in [0, 0.05) is 5.56 Å². The summed E-state index contributed by atoms with van der Waals surface area (Å²) < 4.78 is 5.09. The number of hydrogen-bond acceptors (Lipinski definition) is 2. The molecule has 3 heteroatoms. The van der Waals surface area contributed by atoms with E-state index in [9.17, 15) is 0 Å². The summed E-state index contributed by atoms with van der Waals surface area (Å²) >= 11 is 5.96. The maximum absolute atomic E-state index is 6.22. The van der Waals surface area contributed by atoms with E-state index in [4.69, 9.17) is 21.8 Å². The number of halogens is 1. The van der Waals surface area contributed by atoms with Crippen LogP contribution in [-0.4, -0.2) is 0 Å². The third kappa shape index (κ3) is 2.95. The zero-order chi connectivity index (χ0) is 13.1. The van der Waals surface area contributed by atoms with Gasteiger partial charge in [0.05, 0.1) is 12.3 Å². The highest BCUT2D eigenvalue weighted by atomic mass is 35.5. The highest BCUT2D eigenvalue weighted by Gasteiger charge is 2.15. The van der Waals surface area contributed by atoms with E-state index in [-0.39, 0.29) is 6.04 Å². The molecular weight excluding hydrogens is 246 g/mol. The standard InChI is InChI=1S/C15H18ClNO/c1-10(2)8-11-4-3-5-12(9-11)14(17)13-6-7-18-15(13)16/h3-7,9-10,14H,8,17H2,1-2H3. The van der Waals surface area contributed by atoms with E-state index in [1.54, 1.807) is 6.26 Å². The molecule has 0 radical (unpaired) electrons. The van der Waals surface area contributed by atoms with Crippen molar-refractivity contribution in [3.63, 3.8) is 0 Å². The van der Waals surface area contributed by atoms with Crippen LogP contribution in [0.4, 0.5) is 0 Å². The van der Waals surface area contributed by atoms with Crippen molar-refractivity contribution < 1.29 is 4.42 Å². The van der Waals surface area contributed by atoms with E-state index < -0.39 is 0 Å². The topological polar surface area (TPSA) is 39.2 Å². The summed E-state index contributed by atoms with van der Waals surface area (Å²) in [6.45, 7) is 4.42. The number of furan rings is 1. The smallest absolute Gasteiger partial charge is 0.198 e. The Labute approximate surface area is 113 Å². The molecule has 1 aromatic heterocycles. The lowest BCUT2D eigenvalue weighted by Crippen LogP contribution is -2.11. The van der Waals surface area contributed by atoms with Crippen LogP contribution in [0.3, 0.4) is 0 Å². The Morgan fingerprint density at radius 1 is 1.28 bits per heavy atom. The van der Waals surface area contributed by atoms with Gasteiger partial charge in [0.2, 0.25) is 0 Å². The summed E-state index contributed by atoms with van der Waals surface area (Å²) in [4.78, 5) is 0. The minimum atomic E-state index is -0.233. The van der Waals surface area contributed by atoms with Crippen molar-refractivity contribution in [1.29, 1.82) is 0 Å². The molecule has 0 aliphatic rings. The largest absolute Gasteiger partial charge is 0.453 e. The first-order chi connectivity index (χ1) is 8.58. The van der Waals surface area contributed by atoms with Crippen LogP contribution >= 0.6 is 11.6 Å². The Bertz CT molecular complexity index is 519. The molecule has 0 amide bonds. The predicted molar refractivity (Wildman–Crippen MR) is 74.7 cm³/mol. The normalized spacial score (nSPS) is 12.9. The molecule has 0 aliphatic heterocycles. The van der Waals surface area contributed by atoms with Crippen molar-refractivity contribution in [3.8, 4) is 0 Å². The third-order valence-corrected chi connectivity index (χ3v) is 3.24. The van der Waals surface area contributed by atoms with Gasteiger partial charge in [-0.05, 0) is 41.1 Å². The van der Waals surface area contributed by atoms with Crippen molar-refractivity contribution in [2.75, 3.05) is 0 Å². The Morgan fingerprint density at radius 2 is 2.06 bits per heavy atom. The monoisotopic (exact) mass is 263 g/mol. The third-order valence-electron chi connectivity index (χ3n) is 2.94. The summed E-state index contributed by atoms with van der Waals surface area (Å²) in [6, 6.07) is 9.94. The molecule has 2 aromatic rings. The lowest BCUT2D eigenvalue weighted by molar-refractivity contribution is 0.564. The summed E-state index contributed by atoms with van der Waals surface area (Å²) in [6.07, 6.45) is 2.62. The van der Waals surface area contributed by atoms with Gasteiger partial charge in [-0.1, -0.05) is 38.1 Å². The van der Waals surface area contributed by atoms with E-state index >= 15 is 0 Å². The van der Waals surface area contributed by atoms with Gasteiger partial charge in [-0.2, -0.15) is 0 Å². The average Bonchev–Trinajstić information content (AvgIpc) is 2.74. The van der Waals surface area contributed by atoms with Crippen LogP contribution in [0.1, 0.15) is 36.6 Å². The van der Waals surface area contributed by atoms with Crippen LogP contribution < -0.4 is 5.73 Å². The van der Waals surface area contributed by atoms with E-state index in [0.717, 1.165) is 17.5 Å². The van der Waals surface area contributed by atoms with Gasteiger partial charge < -0.3 is 10.2 Å². The molecule has 2 nitrogen and oxygen atoms in total. The summed E-state index contributed by atoms with van der Waals surface area (Å²) in [7, 11) is 0. The second-order valence-corrected chi connectivity index (χ2v) is 5.31. The van der Waals surface area contributed by atoms with Crippen molar-refractivity contribution in [2.24, 2.45) is 11.7 Å². The number of nitrogens with two attached hydrogens (primary N) is 1. The Hall–Kier alpha value is -1.25. The molecule has 2 rings (SSSR count). The van der Waals surface area contributed by atoms with Gasteiger partial charge in [0.1, 0.15) is 0 Å². The fraction of sp³-hybridized carbons (Fsp3) is 0.333. The summed E-state index contributed by atoms with van der Waals surface area (Å²) in [5.41, 5.74) is 9.42. The predicted octanol–water partition coefficient (Wildman–Crippen LogP) is 4.18. The van der Waals surface area contributed by atoms with Gasteiger partial charge in [0.25, 0.3) is 0 Å². The molecule has 1 heterocycles. The van der Waals surface area contributed by atoms with Gasteiger partial charge in [-0.3, -0.25) is 0 Å². The highest BCUT2D eigenvalue weighted by molar-refractivity contribution is 6.29. The van der Waals surface area contributed by atoms with Crippen LogP contribution in [0, 0.1) is 5.92 Å². The molecule has 0 fully saturated rings. The Morgan fingerprint density at radius 3 is 2.67 bits per heavy atom. The van der Waals surface area contributed by atoms with Gasteiger partial charge in [-0.25, -0.2) is 0 Å². The maximum atomic E-state index is 6.22. The molecule has 1 atom stereocenters. The maximum Gasteiger partial charge on any atom is 0.198 e. The van der Waals surface area contributed by atoms with E-state index in [1.165, 1.54) is 5.56 Å². The first kappa shape index (κ1) is 13.2. The molecular formula is C15H18ClNO. The zero-order valence-electron chi connectivity index (χ0n) is 10.7. The van der Waals surface area contributed by atoms with E-state index in [0.29, 0.717) is 11.1 Å². The molecule has 0 bridgehead atoms. The summed E-state index contributed by atoms with van der Waals surface area (Å²) in [5.74, 6) is 0.633. The fourth-order valence-electron chi connectivity index (χ4n) is 2.09. The fourth-order valence-corrected chi connectivity index (χ4v) is 2.32. The molecule has 96 valence electrons. The Balaban J connectivity index is 2.25. The first-order valence-corrected chi connectivity index (χ1v) is 6.53. The van der Waals surface area contributed by atoms with Crippen LogP contribution in [0.15, 0.2) is 41.0 Å². The Kier molecular flexibility index (Phi) is 4.10. The molecule has 1 aromatic carbocycles. The second kappa shape index (κ2) is 5.59. The average molecular weight is 264 g/mol. The van der Waals surface area contributed by atoms with Crippen LogP contribution in [0.25, 0.3) is 0 Å². The van der Waals surface area contributed by atoms with Gasteiger partial charge in [0.15, 0.2) is 5.22 Å². The van der Waals surface area contributed by atoms with E-state index in [2.05, 4.69) is 26.0 Å². The van der Waals surface area contributed by atoms with Crippen LogP contribution in [0.5, 0.6) is 0 Å². The molecule has 1 unspecified atom stereocenters. The number of rotatable bonds is 4. The minimum absolute atomic E-state index is 0.233. The quantitative estimate of drug-likeness (QED) is 0.899. The van der Waals surface area contributed by atoms with Crippen molar-refractivity contribution >= 4 is 11.6 Å². The lowest BCUT2D eigenvalue weighted by atomic mass is 9.96. The second-order valence-electron chi connectivity index (χ2n) is 4.97. The molecule has 0 spiro atoms. The lowest BCUT2D eigenvalue weighted by Gasteiger charge is -2.13. The van der Waals surface area contributed by atoms with Crippen molar-refractivity contribution in [3.05, 3.63) is 58.5 Å². The summed E-state index contributed by atoms with van der Waals surface area (Å²) in [5, 5.41) is 0.372. The van der Waals surface area contributed by atoms with E-state index in [1.807, 2.05) is 18.2 Å². The minimum Gasteiger partial charge on any atom is -0.453 e. The molecule has 0 aliphatic carbocycles.